The van der Waals surface area contributed by atoms with E-state index in [-0.39, 0.29) is 0 Å². The van der Waals surface area contributed by atoms with E-state index >= 15 is 0 Å². The Hall–Kier alpha value is -0.900. The molecule has 0 saturated carbocycles. The lowest BCUT2D eigenvalue weighted by atomic mass is 10.0. The topological polar surface area (TPSA) is 26.3 Å². The third-order valence-electron chi connectivity index (χ3n) is 2.15. The van der Waals surface area contributed by atoms with Crippen LogP contribution in [-0.2, 0) is 11.2 Å². The average molecular weight is 289 g/mol. The fraction of sp³-hybridized carbons (Fsp3) is 0.417. The molecule has 4 heteroatoms. The summed E-state index contributed by atoms with van der Waals surface area (Å²) < 4.78 is 17.9. The SMILES string of the molecule is CCOC(=O)c1cc(F)ccc1CCCBr. The van der Waals surface area contributed by atoms with Gasteiger partial charge in [-0.2, -0.15) is 0 Å². The van der Waals surface area contributed by atoms with Crippen molar-refractivity contribution in [2.75, 3.05) is 11.9 Å². The van der Waals surface area contributed by atoms with E-state index in [0.717, 1.165) is 23.7 Å². The van der Waals surface area contributed by atoms with E-state index in [1.165, 1.54) is 12.1 Å². The zero-order valence-electron chi connectivity index (χ0n) is 9.13. The van der Waals surface area contributed by atoms with Crippen molar-refractivity contribution in [2.24, 2.45) is 0 Å². The van der Waals surface area contributed by atoms with Gasteiger partial charge in [-0.1, -0.05) is 22.0 Å². The van der Waals surface area contributed by atoms with E-state index in [4.69, 9.17) is 4.74 Å². The van der Waals surface area contributed by atoms with Crippen LogP contribution in [0.2, 0.25) is 0 Å². The molecule has 0 fully saturated rings. The number of rotatable bonds is 5. The lowest BCUT2D eigenvalue weighted by molar-refractivity contribution is 0.0524. The first-order valence-corrected chi connectivity index (χ1v) is 6.32. The Labute approximate surface area is 103 Å². The van der Waals surface area contributed by atoms with E-state index in [2.05, 4.69) is 15.9 Å². The zero-order valence-corrected chi connectivity index (χ0v) is 10.7. The quantitative estimate of drug-likeness (QED) is 0.614. The number of alkyl halides is 1. The molecule has 0 aromatic heterocycles. The van der Waals surface area contributed by atoms with Crippen LogP contribution >= 0.6 is 15.9 Å². The summed E-state index contributed by atoms with van der Waals surface area (Å²) in [4.78, 5) is 11.6. The van der Waals surface area contributed by atoms with Gasteiger partial charge < -0.3 is 4.74 Å². The van der Waals surface area contributed by atoms with Crippen LogP contribution < -0.4 is 0 Å². The van der Waals surface area contributed by atoms with Gasteiger partial charge in [0.25, 0.3) is 0 Å². The van der Waals surface area contributed by atoms with Crippen molar-refractivity contribution >= 4 is 21.9 Å². The van der Waals surface area contributed by atoms with Crippen molar-refractivity contribution in [3.05, 3.63) is 35.1 Å². The molecule has 0 bridgehead atoms. The van der Waals surface area contributed by atoms with Crippen molar-refractivity contribution in [2.45, 2.75) is 19.8 Å². The van der Waals surface area contributed by atoms with Crippen molar-refractivity contribution in [3.8, 4) is 0 Å². The highest BCUT2D eigenvalue weighted by atomic mass is 79.9. The van der Waals surface area contributed by atoms with Crippen molar-refractivity contribution in [3.63, 3.8) is 0 Å². The number of hydrogen-bond donors (Lipinski definition) is 0. The summed E-state index contributed by atoms with van der Waals surface area (Å²) in [6, 6.07) is 4.25. The lowest BCUT2D eigenvalue weighted by Crippen LogP contribution is -2.09. The average Bonchev–Trinajstić information content (AvgIpc) is 2.27. The maximum Gasteiger partial charge on any atom is 0.338 e. The molecule has 2 nitrogen and oxygen atoms in total. The van der Waals surface area contributed by atoms with Gasteiger partial charge in [0, 0.05) is 5.33 Å². The molecule has 88 valence electrons. The molecule has 0 aliphatic rings. The van der Waals surface area contributed by atoms with Gasteiger partial charge in [0.1, 0.15) is 5.82 Å². The normalized spacial score (nSPS) is 10.2. The molecule has 0 saturated heterocycles. The number of carbonyl (C=O) groups is 1. The Morgan fingerprint density at radius 3 is 2.88 bits per heavy atom. The Kier molecular flexibility index (Phi) is 5.46. The minimum atomic E-state index is -0.452. The summed E-state index contributed by atoms with van der Waals surface area (Å²) in [5, 5.41) is 0.854. The van der Waals surface area contributed by atoms with Gasteiger partial charge in [-0.3, -0.25) is 0 Å². The van der Waals surface area contributed by atoms with E-state index in [1.54, 1.807) is 13.0 Å². The van der Waals surface area contributed by atoms with Crippen LogP contribution in [0.4, 0.5) is 4.39 Å². The van der Waals surface area contributed by atoms with Crippen LogP contribution in [0.15, 0.2) is 18.2 Å². The number of hydrogen-bond acceptors (Lipinski definition) is 2. The van der Waals surface area contributed by atoms with Gasteiger partial charge in [-0.15, -0.1) is 0 Å². The molecule has 0 aliphatic heterocycles. The molecule has 0 heterocycles. The molecule has 0 unspecified atom stereocenters. The fourth-order valence-electron chi connectivity index (χ4n) is 1.42. The van der Waals surface area contributed by atoms with Crippen LogP contribution in [0.3, 0.4) is 0 Å². The highest BCUT2D eigenvalue weighted by Gasteiger charge is 2.13. The highest BCUT2D eigenvalue weighted by Crippen LogP contribution is 2.15. The molecular formula is C12H14BrFO2. The van der Waals surface area contributed by atoms with Gasteiger partial charge in [-0.05, 0) is 37.5 Å². The van der Waals surface area contributed by atoms with Gasteiger partial charge in [0.2, 0.25) is 0 Å². The van der Waals surface area contributed by atoms with Crippen molar-refractivity contribution < 1.29 is 13.9 Å². The van der Waals surface area contributed by atoms with Crippen LogP contribution in [-0.4, -0.2) is 17.9 Å². The fourth-order valence-corrected chi connectivity index (χ4v) is 1.70. The second-order valence-corrected chi connectivity index (χ2v) is 4.11. The maximum atomic E-state index is 13.1. The van der Waals surface area contributed by atoms with E-state index < -0.39 is 11.8 Å². The highest BCUT2D eigenvalue weighted by molar-refractivity contribution is 9.09. The molecule has 0 aliphatic carbocycles. The number of aryl methyl sites for hydroxylation is 1. The number of carbonyl (C=O) groups excluding carboxylic acids is 1. The number of halogens is 2. The molecule has 1 rings (SSSR count). The van der Waals surface area contributed by atoms with Crippen molar-refractivity contribution in [1.29, 1.82) is 0 Å². The summed E-state index contributed by atoms with van der Waals surface area (Å²) in [5.74, 6) is -0.864. The molecule has 1 aromatic rings. The molecule has 16 heavy (non-hydrogen) atoms. The molecule has 0 spiro atoms. The molecule has 0 radical (unpaired) electrons. The summed E-state index contributed by atoms with van der Waals surface area (Å²) in [6.45, 7) is 2.03. The maximum absolute atomic E-state index is 13.1. The number of benzene rings is 1. The molecule has 1 aromatic carbocycles. The third-order valence-corrected chi connectivity index (χ3v) is 2.71. The summed E-state index contributed by atoms with van der Waals surface area (Å²) in [6.07, 6.45) is 1.64. The minimum absolute atomic E-state index is 0.299. The van der Waals surface area contributed by atoms with Gasteiger partial charge >= 0.3 is 5.97 Å². The summed E-state index contributed by atoms with van der Waals surface area (Å²) >= 11 is 3.32. The second kappa shape index (κ2) is 6.63. The van der Waals surface area contributed by atoms with Crippen LogP contribution in [0.1, 0.15) is 29.3 Å². The van der Waals surface area contributed by atoms with Crippen molar-refractivity contribution in [1.82, 2.24) is 0 Å². The standard InChI is InChI=1S/C12H14BrFO2/c1-2-16-12(15)11-8-10(14)6-5-9(11)4-3-7-13/h5-6,8H,2-4,7H2,1H3. The Balaban J connectivity index is 2.93. The van der Waals surface area contributed by atoms with Gasteiger partial charge in [-0.25, -0.2) is 9.18 Å². The van der Waals surface area contributed by atoms with E-state index in [0.29, 0.717) is 12.2 Å². The lowest BCUT2D eigenvalue weighted by Gasteiger charge is -2.08. The van der Waals surface area contributed by atoms with Gasteiger partial charge in [0.15, 0.2) is 0 Å². The van der Waals surface area contributed by atoms with Gasteiger partial charge in [0.05, 0.1) is 12.2 Å². The minimum Gasteiger partial charge on any atom is -0.462 e. The number of ether oxygens (including phenoxy) is 1. The predicted molar refractivity (Wildman–Crippen MR) is 64.5 cm³/mol. The third kappa shape index (κ3) is 3.59. The smallest absolute Gasteiger partial charge is 0.338 e. The largest absolute Gasteiger partial charge is 0.462 e. The monoisotopic (exact) mass is 288 g/mol. The first-order valence-electron chi connectivity index (χ1n) is 5.20. The predicted octanol–water partition coefficient (Wildman–Crippen LogP) is 3.33. The second-order valence-electron chi connectivity index (χ2n) is 3.31. The first-order chi connectivity index (χ1) is 7.69. The van der Waals surface area contributed by atoms with E-state index in [1.807, 2.05) is 0 Å². The Morgan fingerprint density at radius 2 is 2.25 bits per heavy atom. The first kappa shape index (κ1) is 13.2. The zero-order chi connectivity index (χ0) is 12.0. The molecule has 0 atom stereocenters. The molecule has 0 N–H and O–H groups in total. The summed E-state index contributed by atoms with van der Waals surface area (Å²) in [7, 11) is 0. The number of esters is 1. The summed E-state index contributed by atoms with van der Waals surface area (Å²) in [5.41, 5.74) is 1.17. The Morgan fingerprint density at radius 1 is 1.50 bits per heavy atom. The van der Waals surface area contributed by atoms with E-state index in [9.17, 15) is 9.18 Å². The van der Waals surface area contributed by atoms with Crippen LogP contribution in [0.5, 0.6) is 0 Å². The van der Waals surface area contributed by atoms with Crippen LogP contribution in [0.25, 0.3) is 0 Å². The van der Waals surface area contributed by atoms with Crippen LogP contribution in [0, 0.1) is 5.82 Å². The Bertz CT molecular complexity index is 366. The molecular weight excluding hydrogens is 275 g/mol. The molecule has 0 amide bonds.